The first kappa shape index (κ1) is 18.2. The number of rotatable bonds is 2. The monoisotopic (exact) mass is 361 g/mol. The Morgan fingerprint density at radius 3 is 1.96 bits per heavy atom. The van der Waals surface area contributed by atoms with E-state index in [2.05, 4.69) is 0 Å². The largest absolute Gasteiger partial charge is 0.502 e. The van der Waals surface area contributed by atoms with Crippen LogP contribution in [0.4, 0.5) is 0 Å². The van der Waals surface area contributed by atoms with Crippen LogP contribution in [0.1, 0.15) is 75.5 Å². The summed E-state index contributed by atoms with van der Waals surface area (Å²) in [6.45, 7) is 0. The van der Waals surface area contributed by atoms with Crippen LogP contribution in [-0.4, -0.2) is 27.9 Å². The number of nitrogens with zero attached hydrogens (tertiary/aromatic N) is 1. The van der Waals surface area contributed by atoms with Gasteiger partial charge in [-0.25, -0.2) is 0 Å². The Morgan fingerprint density at radius 2 is 1.44 bits per heavy atom. The van der Waals surface area contributed by atoms with Gasteiger partial charge in [-0.1, -0.05) is 63.9 Å². The van der Waals surface area contributed by atoms with Gasteiger partial charge in [-0.05, 0) is 24.3 Å². The molecule has 5 heteroatoms. The van der Waals surface area contributed by atoms with Crippen molar-refractivity contribution in [2.24, 2.45) is 0 Å². The molecule has 3 rings (SSSR count). The summed E-state index contributed by atoms with van der Waals surface area (Å²) in [6, 6.07) is 3.53. The van der Waals surface area contributed by atoms with Gasteiger partial charge < -0.3 is 5.11 Å². The van der Waals surface area contributed by atoms with Crippen LogP contribution in [0.15, 0.2) is 23.3 Å². The van der Waals surface area contributed by atoms with E-state index in [9.17, 15) is 14.7 Å². The first-order valence-electron chi connectivity index (χ1n) is 9.55. The Hall–Kier alpha value is -1.62. The van der Waals surface area contributed by atoms with E-state index in [0.29, 0.717) is 4.88 Å². The van der Waals surface area contributed by atoms with Gasteiger partial charge in [-0.2, -0.15) is 0 Å². The Bertz CT molecular complexity index is 623. The molecule has 2 amide bonds. The van der Waals surface area contributed by atoms with Crippen molar-refractivity contribution in [3.63, 3.8) is 0 Å². The summed E-state index contributed by atoms with van der Waals surface area (Å²) >= 11 is 1.38. The lowest BCUT2D eigenvalue weighted by molar-refractivity contribution is -0.141. The van der Waals surface area contributed by atoms with Crippen molar-refractivity contribution in [1.82, 2.24) is 4.90 Å². The van der Waals surface area contributed by atoms with Crippen LogP contribution >= 0.6 is 11.3 Å². The van der Waals surface area contributed by atoms with E-state index in [1.807, 2.05) is 11.4 Å². The number of hydrogen-bond acceptors (Lipinski definition) is 4. The molecule has 1 N–H and O–H groups in total. The highest BCUT2D eigenvalue weighted by Crippen LogP contribution is 2.34. The van der Waals surface area contributed by atoms with Crippen LogP contribution in [0.3, 0.4) is 0 Å². The third-order valence-electron chi connectivity index (χ3n) is 5.30. The quantitative estimate of drug-likeness (QED) is 0.749. The third-order valence-corrected chi connectivity index (χ3v) is 6.19. The molecule has 2 heterocycles. The number of imide groups is 1. The molecular weight excluding hydrogens is 334 g/mol. The van der Waals surface area contributed by atoms with E-state index in [4.69, 9.17) is 0 Å². The molecule has 0 unspecified atom stereocenters. The second kappa shape index (κ2) is 8.65. The summed E-state index contributed by atoms with van der Waals surface area (Å²) in [6.07, 6.45) is 12.5. The Kier molecular flexibility index (Phi) is 6.29. The third kappa shape index (κ3) is 4.14. The predicted octanol–water partition coefficient (Wildman–Crippen LogP) is 5.06. The van der Waals surface area contributed by atoms with Crippen molar-refractivity contribution >= 4 is 28.7 Å². The van der Waals surface area contributed by atoms with Crippen LogP contribution < -0.4 is 0 Å². The second-order valence-corrected chi connectivity index (χ2v) is 8.04. The fraction of sp³-hybridized carbons (Fsp3) is 0.600. The summed E-state index contributed by atoms with van der Waals surface area (Å²) in [7, 11) is 0. The molecule has 0 aromatic carbocycles. The normalized spacial score (nSPS) is 22.2. The smallest absolute Gasteiger partial charge is 0.296 e. The van der Waals surface area contributed by atoms with Crippen molar-refractivity contribution in [3.8, 4) is 0 Å². The first-order valence-corrected chi connectivity index (χ1v) is 10.4. The minimum absolute atomic E-state index is 0.0842. The summed E-state index contributed by atoms with van der Waals surface area (Å²) in [5.74, 6) is -1.20. The summed E-state index contributed by atoms with van der Waals surface area (Å²) in [5.41, 5.74) is 0.186. The van der Waals surface area contributed by atoms with Gasteiger partial charge in [-0.15, -0.1) is 11.3 Å². The zero-order chi connectivity index (χ0) is 17.6. The minimum Gasteiger partial charge on any atom is -0.502 e. The molecule has 1 fully saturated rings. The number of aliphatic hydroxyl groups excluding tert-OH is 1. The number of hydrogen-bond donors (Lipinski definition) is 1. The van der Waals surface area contributed by atoms with Gasteiger partial charge in [0.05, 0.1) is 0 Å². The number of carbonyl (C=O) groups is 2. The van der Waals surface area contributed by atoms with E-state index in [1.54, 1.807) is 6.07 Å². The number of carbonyl (C=O) groups excluding carboxylic acids is 2. The molecule has 0 radical (unpaired) electrons. The van der Waals surface area contributed by atoms with Crippen molar-refractivity contribution in [2.45, 2.75) is 76.7 Å². The lowest BCUT2D eigenvalue weighted by Gasteiger charge is -2.27. The SMILES string of the molecule is O=C1C(O)=C(c2cccs2)C(=O)N1C1CCCCCCCCCCC1. The first-order chi connectivity index (χ1) is 12.2. The molecule has 136 valence electrons. The molecule has 1 saturated carbocycles. The zero-order valence-corrected chi connectivity index (χ0v) is 15.5. The highest BCUT2D eigenvalue weighted by molar-refractivity contribution is 7.11. The highest BCUT2D eigenvalue weighted by Gasteiger charge is 2.42. The van der Waals surface area contributed by atoms with E-state index < -0.39 is 5.91 Å². The van der Waals surface area contributed by atoms with Crippen molar-refractivity contribution < 1.29 is 14.7 Å². The maximum atomic E-state index is 12.9. The molecule has 1 aliphatic heterocycles. The average Bonchev–Trinajstić information content (AvgIpc) is 3.17. The van der Waals surface area contributed by atoms with E-state index >= 15 is 0 Å². The fourth-order valence-corrected chi connectivity index (χ4v) is 4.67. The molecular formula is C20H27NO3S. The standard InChI is InChI=1S/C20H27NO3S/c22-18-17(16-13-10-14-25-16)19(23)21(20(18)24)15-11-8-6-4-2-1-3-5-7-9-12-15/h10,13-15,22H,1-9,11-12H2. The van der Waals surface area contributed by atoms with Gasteiger partial charge >= 0.3 is 0 Å². The summed E-state index contributed by atoms with van der Waals surface area (Å²) in [5, 5.41) is 12.1. The van der Waals surface area contributed by atoms with Gasteiger partial charge in [0.15, 0.2) is 5.76 Å². The molecule has 0 bridgehead atoms. The van der Waals surface area contributed by atoms with Crippen LogP contribution in [0, 0.1) is 0 Å². The highest BCUT2D eigenvalue weighted by atomic mass is 32.1. The topological polar surface area (TPSA) is 57.6 Å². The maximum Gasteiger partial charge on any atom is 0.296 e. The molecule has 0 atom stereocenters. The van der Waals surface area contributed by atoms with Crippen LogP contribution in [0.5, 0.6) is 0 Å². The average molecular weight is 362 g/mol. The molecule has 1 aromatic heterocycles. The summed E-state index contributed by atoms with van der Waals surface area (Å²) < 4.78 is 0. The van der Waals surface area contributed by atoms with E-state index in [1.165, 1.54) is 48.3 Å². The molecule has 1 aliphatic carbocycles. The van der Waals surface area contributed by atoms with Crippen molar-refractivity contribution in [1.29, 1.82) is 0 Å². The minimum atomic E-state index is -0.509. The van der Waals surface area contributed by atoms with E-state index in [-0.39, 0.29) is 23.3 Å². The van der Waals surface area contributed by atoms with Gasteiger partial charge in [0.2, 0.25) is 0 Å². The van der Waals surface area contributed by atoms with Gasteiger partial charge in [0.25, 0.3) is 11.8 Å². The molecule has 0 saturated heterocycles. The van der Waals surface area contributed by atoms with Gasteiger partial charge in [0.1, 0.15) is 5.57 Å². The number of amides is 2. The molecule has 25 heavy (non-hydrogen) atoms. The predicted molar refractivity (Wildman–Crippen MR) is 100 cm³/mol. The van der Waals surface area contributed by atoms with Gasteiger partial charge in [-0.3, -0.25) is 14.5 Å². The van der Waals surface area contributed by atoms with Gasteiger partial charge in [0, 0.05) is 10.9 Å². The fourth-order valence-electron chi connectivity index (χ4n) is 3.91. The van der Waals surface area contributed by atoms with Crippen LogP contribution in [0.2, 0.25) is 0 Å². The lowest BCUT2D eigenvalue weighted by Crippen LogP contribution is -2.41. The van der Waals surface area contributed by atoms with Crippen molar-refractivity contribution in [2.75, 3.05) is 0 Å². The Morgan fingerprint density at radius 1 is 0.880 bits per heavy atom. The molecule has 2 aliphatic rings. The Labute approximate surface area is 153 Å². The summed E-state index contributed by atoms with van der Waals surface area (Å²) in [4.78, 5) is 27.5. The second-order valence-electron chi connectivity index (χ2n) is 7.09. The van der Waals surface area contributed by atoms with Crippen LogP contribution in [0.25, 0.3) is 5.57 Å². The molecule has 1 aromatic rings. The van der Waals surface area contributed by atoms with Crippen molar-refractivity contribution in [3.05, 3.63) is 28.1 Å². The number of thiophene rings is 1. The van der Waals surface area contributed by atoms with E-state index in [0.717, 1.165) is 38.5 Å². The lowest BCUT2D eigenvalue weighted by atomic mass is 9.97. The Balaban J connectivity index is 1.74. The zero-order valence-electron chi connectivity index (χ0n) is 14.7. The number of aliphatic hydroxyl groups is 1. The maximum absolute atomic E-state index is 12.9. The van der Waals surface area contributed by atoms with Crippen LogP contribution in [-0.2, 0) is 9.59 Å². The molecule has 0 spiro atoms. The molecule has 4 nitrogen and oxygen atoms in total.